The van der Waals surface area contributed by atoms with E-state index in [1.165, 1.54) is 0 Å². The molecule has 1 aliphatic carbocycles. The smallest absolute Gasteiger partial charge is 0.230 e. The lowest BCUT2D eigenvalue weighted by Gasteiger charge is -2.41. The van der Waals surface area contributed by atoms with Crippen molar-refractivity contribution in [2.75, 3.05) is 13.6 Å². The van der Waals surface area contributed by atoms with Crippen LogP contribution in [-0.4, -0.2) is 29.5 Å². The van der Waals surface area contributed by atoms with E-state index in [-0.39, 0.29) is 17.1 Å². The number of carbonyl (C=O) groups is 1. The van der Waals surface area contributed by atoms with E-state index in [0.29, 0.717) is 13.1 Å². The molecular weight excluding hydrogens is 228 g/mol. The van der Waals surface area contributed by atoms with Gasteiger partial charge in [-0.15, -0.1) is 0 Å². The molecule has 3 N–H and O–H groups in total. The van der Waals surface area contributed by atoms with E-state index in [0.717, 1.165) is 24.8 Å². The van der Waals surface area contributed by atoms with Crippen molar-refractivity contribution in [1.29, 1.82) is 0 Å². The molecule has 0 heterocycles. The molecule has 2 rings (SSSR count). The summed E-state index contributed by atoms with van der Waals surface area (Å²) in [4.78, 5) is 14.0. The van der Waals surface area contributed by atoms with Crippen molar-refractivity contribution in [3.8, 4) is 5.75 Å². The van der Waals surface area contributed by atoms with Gasteiger partial charge < -0.3 is 15.7 Å². The van der Waals surface area contributed by atoms with E-state index in [4.69, 9.17) is 5.73 Å². The third-order valence-corrected chi connectivity index (χ3v) is 3.90. The summed E-state index contributed by atoms with van der Waals surface area (Å²) in [7, 11) is 1.77. The Morgan fingerprint density at radius 2 is 2.11 bits per heavy atom. The molecule has 4 nitrogen and oxygen atoms in total. The Balaban J connectivity index is 2.06. The van der Waals surface area contributed by atoms with E-state index >= 15 is 0 Å². The molecule has 0 bridgehead atoms. The molecule has 1 aromatic rings. The van der Waals surface area contributed by atoms with Crippen molar-refractivity contribution in [3.63, 3.8) is 0 Å². The molecule has 1 fully saturated rings. The Labute approximate surface area is 107 Å². The molecule has 18 heavy (non-hydrogen) atoms. The predicted molar refractivity (Wildman–Crippen MR) is 69.9 cm³/mol. The second-order valence-electron chi connectivity index (χ2n) is 5.13. The lowest BCUT2D eigenvalue weighted by molar-refractivity contribution is -0.145. The minimum absolute atomic E-state index is 0.0968. The molecule has 1 saturated carbocycles. The van der Waals surface area contributed by atoms with Gasteiger partial charge in [0.25, 0.3) is 0 Å². The Morgan fingerprint density at radius 3 is 2.61 bits per heavy atom. The van der Waals surface area contributed by atoms with Crippen LogP contribution in [0.5, 0.6) is 5.75 Å². The van der Waals surface area contributed by atoms with Crippen LogP contribution in [0.3, 0.4) is 0 Å². The number of benzene rings is 1. The lowest BCUT2D eigenvalue weighted by atomic mass is 9.68. The standard InChI is InChI=1S/C14H20N2O2/c1-16(9-11-5-2-3-6-12(11)17)13(18)14(10-15)7-4-8-14/h2-3,5-6,17H,4,7-10,15H2,1H3. The third kappa shape index (κ3) is 2.20. The number of phenols is 1. The Morgan fingerprint density at radius 1 is 1.44 bits per heavy atom. The van der Waals surface area contributed by atoms with Gasteiger partial charge in [-0.3, -0.25) is 4.79 Å². The van der Waals surface area contributed by atoms with Gasteiger partial charge in [-0.1, -0.05) is 24.6 Å². The van der Waals surface area contributed by atoms with Gasteiger partial charge in [-0.25, -0.2) is 0 Å². The summed E-state index contributed by atoms with van der Waals surface area (Å²) in [5.74, 6) is 0.326. The number of para-hydroxylation sites is 1. The van der Waals surface area contributed by atoms with E-state index in [2.05, 4.69) is 0 Å². The zero-order chi connectivity index (χ0) is 13.2. The van der Waals surface area contributed by atoms with Gasteiger partial charge in [0.2, 0.25) is 5.91 Å². The first-order chi connectivity index (χ1) is 8.59. The van der Waals surface area contributed by atoms with Crippen LogP contribution in [0.2, 0.25) is 0 Å². The molecule has 0 atom stereocenters. The van der Waals surface area contributed by atoms with Crippen molar-refractivity contribution >= 4 is 5.91 Å². The number of nitrogens with two attached hydrogens (primary N) is 1. The van der Waals surface area contributed by atoms with Gasteiger partial charge in [-0.2, -0.15) is 0 Å². The quantitative estimate of drug-likeness (QED) is 0.848. The largest absolute Gasteiger partial charge is 0.508 e. The fraction of sp³-hybridized carbons (Fsp3) is 0.500. The summed E-state index contributed by atoms with van der Waals surface area (Å²) in [6, 6.07) is 7.09. The Kier molecular flexibility index (Phi) is 3.57. The van der Waals surface area contributed by atoms with Crippen molar-refractivity contribution < 1.29 is 9.90 Å². The average molecular weight is 248 g/mol. The first-order valence-corrected chi connectivity index (χ1v) is 6.31. The van der Waals surface area contributed by atoms with Gasteiger partial charge in [0.1, 0.15) is 5.75 Å². The molecular formula is C14H20N2O2. The summed E-state index contributed by atoms with van der Waals surface area (Å²) < 4.78 is 0. The van der Waals surface area contributed by atoms with Crippen LogP contribution in [0.25, 0.3) is 0 Å². The molecule has 0 aliphatic heterocycles. The fourth-order valence-electron chi connectivity index (χ4n) is 2.49. The molecule has 0 unspecified atom stereocenters. The summed E-state index contributed by atoms with van der Waals surface area (Å²) >= 11 is 0. The molecule has 0 aromatic heterocycles. The molecule has 1 aliphatic rings. The van der Waals surface area contributed by atoms with Crippen molar-refractivity contribution in [2.24, 2.45) is 11.1 Å². The van der Waals surface area contributed by atoms with Crippen molar-refractivity contribution in [3.05, 3.63) is 29.8 Å². The maximum atomic E-state index is 12.4. The molecule has 1 amide bonds. The van der Waals surface area contributed by atoms with Crippen LogP contribution in [0.15, 0.2) is 24.3 Å². The van der Waals surface area contributed by atoms with Crippen LogP contribution < -0.4 is 5.73 Å². The highest BCUT2D eigenvalue weighted by atomic mass is 16.3. The first-order valence-electron chi connectivity index (χ1n) is 6.31. The number of hydrogen-bond donors (Lipinski definition) is 2. The highest BCUT2D eigenvalue weighted by Crippen LogP contribution is 2.41. The minimum atomic E-state index is -0.348. The van der Waals surface area contributed by atoms with Crippen LogP contribution >= 0.6 is 0 Å². The molecule has 0 spiro atoms. The van der Waals surface area contributed by atoms with Gasteiger partial charge >= 0.3 is 0 Å². The number of amides is 1. The van der Waals surface area contributed by atoms with E-state index in [9.17, 15) is 9.90 Å². The molecule has 1 aromatic carbocycles. The summed E-state index contributed by atoms with van der Waals surface area (Å²) in [6.45, 7) is 0.838. The maximum absolute atomic E-state index is 12.4. The number of phenolic OH excluding ortho intramolecular Hbond substituents is 1. The van der Waals surface area contributed by atoms with Gasteiger partial charge in [0.15, 0.2) is 0 Å². The molecule has 0 saturated heterocycles. The number of aromatic hydroxyl groups is 1. The number of rotatable bonds is 4. The topological polar surface area (TPSA) is 66.6 Å². The zero-order valence-electron chi connectivity index (χ0n) is 10.7. The summed E-state index contributed by atoms with van der Waals surface area (Å²) in [6.07, 6.45) is 2.84. The number of carbonyl (C=O) groups excluding carboxylic acids is 1. The van der Waals surface area contributed by atoms with E-state index in [1.54, 1.807) is 24.1 Å². The molecule has 4 heteroatoms. The number of nitrogens with zero attached hydrogens (tertiary/aromatic N) is 1. The highest BCUT2D eigenvalue weighted by Gasteiger charge is 2.44. The second kappa shape index (κ2) is 4.98. The van der Waals surface area contributed by atoms with Gasteiger partial charge in [0, 0.05) is 25.7 Å². The van der Waals surface area contributed by atoms with Crippen LogP contribution in [0, 0.1) is 5.41 Å². The summed E-state index contributed by atoms with van der Waals surface area (Å²) in [5, 5.41) is 9.71. The molecule has 98 valence electrons. The third-order valence-electron chi connectivity index (χ3n) is 3.90. The van der Waals surface area contributed by atoms with Crippen LogP contribution in [0.1, 0.15) is 24.8 Å². The van der Waals surface area contributed by atoms with Crippen LogP contribution in [-0.2, 0) is 11.3 Å². The van der Waals surface area contributed by atoms with Gasteiger partial charge in [-0.05, 0) is 18.9 Å². The Bertz CT molecular complexity index is 436. The van der Waals surface area contributed by atoms with Crippen LogP contribution in [0.4, 0.5) is 0 Å². The summed E-state index contributed by atoms with van der Waals surface area (Å²) in [5.41, 5.74) is 6.15. The van der Waals surface area contributed by atoms with Crippen molar-refractivity contribution in [1.82, 2.24) is 4.90 Å². The van der Waals surface area contributed by atoms with E-state index in [1.807, 2.05) is 12.1 Å². The monoisotopic (exact) mass is 248 g/mol. The second-order valence-corrected chi connectivity index (χ2v) is 5.13. The SMILES string of the molecule is CN(Cc1ccccc1O)C(=O)C1(CN)CCC1. The average Bonchev–Trinajstić information content (AvgIpc) is 2.31. The fourth-order valence-corrected chi connectivity index (χ4v) is 2.49. The lowest BCUT2D eigenvalue weighted by Crippen LogP contribution is -2.50. The zero-order valence-corrected chi connectivity index (χ0v) is 10.7. The maximum Gasteiger partial charge on any atom is 0.230 e. The number of hydrogen-bond acceptors (Lipinski definition) is 3. The Hall–Kier alpha value is -1.55. The minimum Gasteiger partial charge on any atom is -0.508 e. The first kappa shape index (κ1) is 12.9. The van der Waals surface area contributed by atoms with E-state index < -0.39 is 0 Å². The highest BCUT2D eigenvalue weighted by molar-refractivity contribution is 5.83. The molecule has 0 radical (unpaired) electrons. The predicted octanol–water partition coefficient (Wildman–Crippen LogP) is 1.48. The normalized spacial score (nSPS) is 17.0. The van der Waals surface area contributed by atoms with Crippen molar-refractivity contribution in [2.45, 2.75) is 25.8 Å². The van der Waals surface area contributed by atoms with Gasteiger partial charge in [0.05, 0.1) is 5.41 Å².